The molecule has 1 aromatic rings. The number of esters is 1. The maximum Gasteiger partial charge on any atom is 0.331 e. The van der Waals surface area contributed by atoms with Gasteiger partial charge in [-0.2, -0.15) is 0 Å². The zero-order chi connectivity index (χ0) is 17.6. The van der Waals surface area contributed by atoms with Gasteiger partial charge in [0.2, 0.25) is 6.79 Å². The van der Waals surface area contributed by atoms with Crippen LogP contribution in [0.2, 0.25) is 0 Å². The average Bonchev–Trinajstić information content (AvgIpc) is 3.08. The molecule has 0 saturated heterocycles. The van der Waals surface area contributed by atoms with Crippen molar-refractivity contribution < 1.29 is 23.8 Å². The SMILES string of the molecule is C[C@@H]1CCCC[C@@H]1NC(=O)COC(=O)/C=C/c1ccc2c(c1)OCO2. The van der Waals surface area contributed by atoms with Gasteiger partial charge in [0.25, 0.3) is 5.91 Å². The maximum atomic E-state index is 11.9. The van der Waals surface area contributed by atoms with Gasteiger partial charge in [0, 0.05) is 12.1 Å². The zero-order valence-corrected chi connectivity index (χ0v) is 14.3. The smallest absolute Gasteiger partial charge is 0.331 e. The van der Waals surface area contributed by atoms with Crippen molar-refractivity contribution in [3.05, 3.63) is 29.8 Å². The number of hydrogen-bond acceptors (Lipinski definition) is 5. The van der Waals surface area contributed by atoms with E-state index in [4.69, 9.17) is 14.2 Å². The third-order valence-corrected chi connectivity index (χ3v) is 4.61. The van der Waals surface area contributed by atoms with Gasteiger partial charge in [-0.3, -0.25) is 4.79 Å². The summed E-state index contributed by atoms with van der Waals surface area (Å²) in [5.74, 6) is 1.01. The number of carbonyl (C=O) groups excluding carboxylic acids is 2. The van der Waals surface area contributed by atoms with Crippen LogP contribution in [0.4, 0.5) is 0 Å². The summed E-state index contributed by atoms with van der Waals surface area (Å²) in [6.07, 6.45) is 7.38. The molecule has 1 aliphatic heterocycles. The van der Waals surface area contributed by atoms with Crippen molar-refractivity contribution in [2.45, 2.75) is 38.6 Å². The number of rotatable bonds is 5. The topological polar surface area (TPSA) is 73.9 Å². The van der Waals surface area contributed by atoms with Gasteiger partial charge in [0.1, 0.15) is 0 Å². The van der Waals surface area contributed by atoms with Crippen molar-refractivity contribution in [1.29, 1.82) is 0 Å². The van der Waals surface area contributed by atoms with Gasteiger partial charge in [-0.25, -0.2) is 4.79 Å². The van der Waals surface area contributed by atoms with Crippen LogP contribution in [0, 0.1) is 5.92 Å². The largest absolute Gasteiger partial charge is 0.454 e. The van der Waals surface area contributed by atoms with Gasteiger partial charge in [-0.15, -0.1) is 0 Å². The van der Waals surface area contributed by atoms with Crippen LogP contribution in [-0.4, -0.2) is 31.3 Å². The van der Waals surface area contributed by atoms with Crippen molar-refractivity contribution in [2.75, 3.05) is 13.4 Å². The summed E-state index contributed by atoms with van der Waals surface area (Å²) in [7, 11) is 0. The molecule has 0 radical (unpaired) electrons. The molecule has 2 atom stereocenters. The lowest BCUT2D eigenvalue weighted by atomic mass is 9.86. The van der Waals surface area contributed by atoms with Gasteiger partial charge in [0.05, 0.1) is 0 Å². The van der Waals surface area contributed by atoms with E-state index >= 15 is 0 Å². The number of ether oxygens (including phenoxy) is 3. The first-order chi connectivity index (χ1) is 12.1. The molecule has 1 N–H and O–H groups in total. The molecule has 1 aromatic carbocycles. The maximum absolute atomic E-state index is 11.9. The third-order valence-electron chi connectivity index (χ3n) is 4.61. The van der Waals surface area contributed by atoms with Crippen LogP contribution in [0.1, 0.15) is 38.2 Å². The number of amides is 1. The summed E-state index contributed by atoms with van der Waals surface area (Å²) >= 11 is 0. The van der Waals surface area contributed by atoms with Crippen molar-refractivity contribution >= 4 is 18.0 Å². The highest BCUT2D eigenvalue weighted by atomic mass is 16.7. The Morgan fingerprint density at radius 3 is 2.88 bits per heavy atom. The van der Waals surface area contributed by atoms with E-state index < -0.39 is 5.97 Å². The van der Waals surface area contributed by atoms with Crippen molar-refractivity contribution in [3.63, 3.8) is 0 Å². The monoisotopic (exact) mass is 345 g/mol. The molecule has 0 bridgehead atoms. The predicted molar refractivity (Wildman–Crippen MR) is 92.1 cm³/mol. The highest BCUT2D eigenvalue weighted by molar-refractivity contribution is 5.89. The molecule has 134 valence electrons. The van der Waals surface area contributed by atoms with E-state index in [1.165, 1.54) is 12.5 Å². The number of fused-ring (bicyclic) bond motifs is 1. The summed E-state index contributed by atoms with van der Waals surface area (Å²) in [4.78, 5) is 23.7. The minimum Gasteiger partial charge on any atom is -0.454 e. The lowest BCUT2D eigenvalue weighted by Gasteiger charge is -2.29. The second-order valence-corrected chi connectivity index (χ2v) is 6.49. The Hall–Kier alpha value is -2.50. The molecule has 1 amide bonds. The van der Waals surface area contributed by atoms with E-state index in [1.807, 2.05) is 6.07 Å². The highest BCUT2D eigenvalue weighted by Gasteiger charge is 2.23. The quantitative estimate of drug-likeness (QED) is 0.656. The van der Waals surface area contributed by atoms with Crippen LogP contribution in [0.5, 0.6) is 11.5 Å². The molecule has 0 spiro atoms. The van der Waals surface area contributed by atoms with E-state index in [0.717, 1.165) is 24.8 Å². The minimum absolute atomic E-state index is 0.184. The summed E-state index contributed by atoms with van der Waals surface area (Å²) in [6.45, 7) is 2.09. The lowest BCUT2D eigenvalue weighted by molar-refractivity contribution is -0.144. The molecule has 25 heavy (non-hydrogen) atoms. The molecular formula is C19H23NO5. The van der Waals surface area contributed by atoms with E-state index in [-0.39, 0.29) is 25.3 Å². The lowest BCUT2D eigenvalue weighted by Crippen LogP contribution is -2.42. The van der Waals surface area contributed by atoms with Crippen LogP contribution < -0.4 is 14.8 Å². The fourth-order valence-electron chi connectivity index (χ4n) is 3.14. The van der Waals surface area contributed by atoms with Crippen LogP contribution in [0.15, 0.2) is 24.3 Å². The van der Waals surface area contributed by atoms with Crippen LogP contribution in [0.3, 0.4) is 0 Å². The Morgan fingerprint density at radius 2 is 2.04 bits per heavy atom. The van der Waals surface area contributed by atoms with Gasteiger partial charge >= 0.3 is 5.97 Å². The Bertz CT molecular complexity index is 670. The van der Waals surface area contributed by atoms with Crippen molar-refractivity contribution in [2.24, 2.45) is 5.92 Å². The number of nitrogens with one attached hydrogen (secondary N) is 1. The molecular weight excluding hydrogens is 322 g/mol. The van der Waals surface area contributed by atoms with E-state index in [0.29, 0.717) is 17.4 Å². The van der Waals surface area contributed by atoms with Crippen LogP contribution in [-0.2, 0) is 14.3 Å². The minimum atomic E-state index is -0.551. The fourth-order valence-corrected chi connectivity index (χ4v) is 3.14. The number of carbonyl (C=O) groups is 2. The molecule has 1 saturated carbocycles. The van der Waals surface area contributed by atoms with E-state index in [2.05, 4.69) is 12.2 Å². The summed E-state index contributed by atoms with van der Waals surface area (Å²) in [5, 5.41) is 2.96. The Kier molecular flexibility index (Phi) is 5.58. The highest BCUT2D eigenvalue weighted by Crippen LogP contribution is 2.32. The Morgan fingerprint density at radius 1 is 1.24 bits per heavy atom. The standard InChI is InChI=1S/C19H23NO5/c1-13-4-2-3-5-15(13)20-18(21)11-23-19(22)9-7-14-6-8-16-17(10-14)25-12-24-16/h6-10,13,15H,2-5,11-12H2,1H3,(H,20,21)/b9-7+/t13-,15+/m1/s1. The van der Waals surface area contributed by atoms with E-state index in [9.17, 15) is 9.59 Å². The third kappa shape index (κ3) is 4.75. The molecule has 1 aliphatic carbocycles. The summed E-state index contributed by atoms with van der Waals surface area (Å²) in [5.41, 5.74) is 0.793. The van der Waals surface area contributed by atoms with Gasteiger partial charge in [-0.1, -0.05) is 25.8 Å². The average molecular weight is 345 g/mol. The first-order valence-corrected chi connectivity index (χ1v) is 8.65. The normalized spacial score (nSPS) is 22.0. The zero-order valence-electron chi connectivity index (χ0n) is 14.3. The first kappa shape index (κ1) is 17.3. The summed E-state index contributed by atoms with van der Waals surface area (Å²) < 4.78 is 15.5. The Balaban J connectivity index is 1.43. The molecule has 6 nitrogen and oxygen atoms in total. The van der Waals surface area contributed by atoms with Crippen LogP contribution in [0.25, 0.3) is 6.08 Å². The van der Waals surface area contributed by atoms with Gasteiger partial charge in [0.15, 0.2) is 18.1 Å². The fraction of sp³-hybridized carbons (Fsp3) is 0.474. The predicted octanol–water partition coefficient (Wildman–Crippen LogP) is 2.67. The Labute approximate surface area is 147 Å². The molecule has 3 rings (SSSR count). The van der Waals surface area contributed by atoms with E-state index in [1.54, 1.807) is 18.2 Å². The second kappa shape index (κ2) is 8.05. The van der Waals surface area contributed by atoms with Crippen molar-refractivity contribution in [1.82, 2.24) is 5.32 Å². The number of hydrogen-bond donors (Lipinski definition) is 1. The van der Waals surface area contributed by atoms with Gasteiger partial charge in [-0.05, 0) is 42.5 Å². The molecule has 1 heterocycles. The van der Waals surface area contributed by atoms with Crippen LogP contribution >= 0.6 is 0 Å². The molecule has 6 heteroatoms. The number of benzene rings is 1. The molecule has 0 aromatic heterocycles. The van der Waals surface area contributed by atoms with Gasteiger partial charge < -0.3 is 19.5 Å². The summed E-state index contributed by atoms with van der Waals surface area (Å²) in [6, 6.07) is 5.56. The molecule has 1 fully saturated rings. The molecule has 2 aliphatic rings. The van der Waals surface area contributed by atoms with Crippen molar-refractivity contribution in [3.8, 4) is 11.5 Å². The second-order valence-electron chi connectivity index (χ2n) is 6.49. The first-order valence-electron chi connectivity index (χ1n) is 8.65. The molecule has 0 unspecified atom stereocenters.